The number of ether oxygens (including phenoxy) is 3. The Morgan fingerprint density at radius 3 is 2.50 bits per heavy atom. The van der Waals surface area contributed by atoms with Crippen LogP contribution in [0.3, 0.4) is 0 Å². The summed E-state index contributed by atoms with van der Waals surface area (Å²) in [5.41, 5.74) is 3.09. The lowest BCUT2D eigenvalue weighted by molar-refractivity contribution is 0.115. The van der Waals surface area contributed by atoms with E-state index in [4.69, 9.17) is 26.4 Å². The molecule has 1 saturated carbocycles. The fourth-order valence-electron chi connectivity index (χ4n) is 3.86. The van der Waals surface area contributed by atoms with E-state index in [1.807, 2.05) is 41.3 Å². The van der Waals surface area contributed by atoms with Crippen LogP contribution in [0.1, 0.15) is 43.0 Å². The number of hydrogen-bond acceptors (Lipinski definition) is 4. The Kier molecular flexibility index (Phi) is 4.83. The monoisotopic (exact) mass is 369 g/mol. The van der Waals surface area contributed by atoms with Crippen molar-refractivity contribution in [3.63, 3.8) is 0 Å². The van der Waals surface area contributed by atoms with E-state index >= 15 is 0 Å². The molecular weight excluding hydrogens is 346 g/mol. The summed E-state index contributed by atoms with van der Waals surface area (Å²) in [5.74, 6) is 1.52. The second-order valence-electron chi connectivity index (χ2n) is 6.71. The van der Waals surface area contributed by atoms with Gasteiger partial charge in [0, 0.05) is 30.0 Å². The van der Waals surface area contributed by atoms with Gasteiger partial charge < -0.3 is 19.1 Å². The molecule has 26 heavy (non-hydrogen) atoms. The van der Waals surface area contributed by atoms with E-state index in [-0.39, 0.29) is 12.3 Å². The number of hydrogen-bond donors (Lipinski definition) is 0. The molecule has 2 aromatic carbocycles. The highest BCUT2D eigenvalue weighted by Crippen LogP contribution is 2.42. The van der Waals surface area contributed by atoms with Crippen molar-refractivity contribution in [3.8, 4) is 11.5 Å². The summed E-state index contributed by atoms with van der Waals surface area (Å²) in [5, 5.41) is 0. The van der Waals surface area contributed by atoms with Gasteiger partial charge in [-0.25, -0.2) is 0 Å². The average Bonchev–Trinajstić information content (AvgIpc) is 3.28. The molecule has 4 rings (SSSR count). The Morgan fingerprint density at radius 2 is 1.77 bits per heavy atom. The van der Waals surface area contributed by atoms with Gasteiger partial charge in [-0.15, -0.1) is 0 Å². The minimum absolute atomic E-state index is 0.230. The number of benzene rings is 2. The summed E-state index contributed by atoms with van der Waals surface area (Å²) < 4.78 is 17.5. The molecule has 0 amide bonds. The van der Waals surface area contributed by atoms with E-state index in [9.17, 15) is 0 Å². The fourth-order valence-corrected chi connectivity index (χ4v) is 4.25. The maximum Gasteiger partial charge on any atom is 0.163 e. The van der Waals surface area contributed by atoms with Gasteiger partial charge in [0.05, 0.1) is 13.2 Å². The van der Waals surface area contributed by atoms with Gasteiger partial charge in [0.1, 0.15) is 4.99 Å². The van der Waals surface area contributed by atoms with Crippen molar-refractivity contribution >= 4 is 22.9 Å². The summed E-state index contributed by atoms with van der Waals surface area (Å²) >= 11 is 5.74. The van der Waals surface area contributed by atoms with Crippen LogP contribution in [0, 0.1) is 0 Å². The van der Waals surface area contributed by atoms with Crippen LogP contribution in [-0.2, 0) is 4.74 Å². The number of anilines is 1. The molecule has 1 unspecified atom stereocenters. The summed E-state index contributed by atoms with van der Waals surface area (Å²) in [7, 11) is 3.38. The molecular formula is C21H23NO3S. The van der Waals surface area contributed by atoms with Crippen molar-refractivity contribution in [2.45, 2.75) is 38.0 Å². The summed E-state index contributed by atoms with van der Waals surface area (Å²) in [4.78, 5) is 2.81. The second-order valence-corrected chi connectivity index (χ2v) is 7.10. The molecule has 0 N–H and O–H groups in total. The zero-order chi connectivity index (χ0) is 18.1. The molecule has 1 atom stereocenters. The first-order valence-corrected chi connectivity index (χ1v) is 9.43. The molecule has 0 saturated heterocycles. The maximum atomic E-state index is 6.24. The van der Waals surface area contributed by atoms with E-state index < -0.39 is 0 Å². The van der Waals surface area contributed by atoms with E-state index in [1.165, 1.54) is 12.8 Å². The molecule has 1 aliphatic heterocycles. The smallest absolute Gasteiger partial charge is 0.163 e. The van der Waals surface area contributed by atoms with Crippen LogP contribution in [0.4, 0.5) is 5.69 Å². The quantitative estimate of drug-likeness (QED) is 0.703. The maximum absolute atomic E-state index is 6.24. The van der Waals surface area contributed by atoms with Gasteiger partial charge in [-0.3, -0.25) is 0 Å². The summed E-state index contributed by atoms with van der Waals surface area (Å²) in [6.45, 7) is 0. The average molecular weight is 369 g/mol. The summed E-state index contributed by atoms with van der Waals surface area (Å²) in [6.07, 6.45) is 4.68. The van der Waals surface area contributed by atoms with Gasteiger partial charge in [0.25, 0.3) is 0 Å². The highest BCUT2D eigenvalue weighted by Gasteiger charge is 2.35. The van der Waals surface area contributed by atoms with Crippen molar-refractivity contribution < 1.29 is 14.2 Å². The van der Waals surface area contributed by atoms with Crippen LogP contribution < -0.4 is 14.4 Å². The second kappa shape index (κ2) is 7.25. The molecule has 5 heteroatoms. The predicted molar refractivity (Wildman–Crippen MR) is 106 cm³/mol. The zero-order valence-electron chi connectivity index (χ0n) is 15.1. The fraction of sp³-hybridized carbons (Fsp3) is 0.381. The molecule has 0 aromatic heterocycles. The van der Waals surface area contributed by atoms with Crippen LogP contribution in [0.2, 0.25) is 0 Å². The lowest BCUT2D eigenvalue weighted by atomic mass is 10.1. The molecule has 2 aromatic rings. The van der Waals surface area contributed by atoms with E-state index in [2.05, 4.69) is 6.07 Å². The van der Waals surface area contributed by atoms with Gasteiger partial charge in [-0.2, -0.15) is 0 Å². The third-order valence-corrected chi connectivity index (χ3v) is 5.57. The Balaban J connectivity index is 1.70. The first-order valence-electron chi connectivity index (χ1n) is 9.03. The number of nitrogens with zero attached hydrogens (tertiary/aromatic N) is 1. The van der Waals surface area contributed by atoms with Crippen LogP contribution in [0.5, 0.6) is 11.5 Å². The molecule has 1 aliphatic carbocycles. The van der Waals surface area contributed by atoms with E-state index in [0.717, 1.165) is 46.1 Å². The molecule has 1 heterocycles. The third kappa shape index (κ3) is 2.95. The highest BCUT2D eigenvalue weighted by molar-refractivity contribution is 7.81. The van der Waals surface area contributed by atoms with Crippen LogP contribution in [0.15, 0.2) is 42.5 Å². The Hall–Kier alpha value is -2.11. The SMILES string of the molecule is COc1ccc(N2C(=S)c3ccccc3C2OC)cc1OC1CCCC1. The van der Waals surface area contributed by atoms with Gasteiger partial charge in [-0.1, -0.05) is 36.5 Å². The lowest BCUT2D eigenvalue weighted by Crippen LogP contribution is -2.28. The first kappa shape index (κ1) is 17.3. The van der Waals surface area contributed by atoms with Crippen molar-refractivity contribution in [1.29, 1.82) is 0 Å². The standard InChI is InChI=1S/C21H23NO3S/c1-23-18-12-11-14(13-19(18)25-15-7-3-4-8-15)22-20(24-2)16-9-5-6-10-17(16)21(22)26/h5-6,9-13,15,20H,3-4,7-8H2,1-2H3. The Morgan fingerprint density at radius 1 is 1.00 bits per heavy atom. The molecule has 0 spiro atoms. The third-order valence-electron chi connectivity index (χ3n) is 5.16. The van der Waals surface area contributed by atoms with Gasteiger partial charge >= 0.3 is 0 Å². The van der Waals surface area contributed by atoms with Gasteiger partial charge in [0.15, 0.2) is 17.7 Å². The molecule has 1 fully saturated rings. The minimum Gasteiger partial charge on any atom is -0.493 e. The first-order chi connectivity index (χ1) is 12.7. The van der Waals surface area contributed by atoms with Crippen LogP contribution in [-0.4, -0.2) is 25.3 Å². The molecule has 0 bridgehead atoms. The predicted octanol–water partition coefficient (Wildman–Crippen LogP) is 4.86. The number of rotatable bonds is 5. The molecule has 2 aliphatic rings. The van der Waals surface area contributed by atoms with Crippen molar-refractivity contribution in [3.05, 3.63) is 53.6 Å². The van der Waals surface area contributed by atoms with Gasteiger partial charge in [-0.05, 0) is 37.8 Å². The number of thiocarbonyl (C=S) groups is 1. The largest absolute Gasteiger partial charge is 0.493 e. The van der Waals surface area contributed by atoms with E-state index in [0.29, 0.717) is 0 Å². The summed E-state index contributed by atoms with van der Waals surface area (Å²) in [6, 6.07) is 14.1. The molecule has 0 radical (unpaired) electrons. The topological polar surface area (TPSA) is 30.9 Å². The van der Waals surface area contributed by atoms with Crippen molar-refractivity contribution in [1.82, 2.24) is 0 Å². The van der Waals surface area contributed by atoms with E-state index in [1.54, 1.807) is 14.2 Å². The van der Waals surface area contributed by atoms with Crippen molar-refractivity contribution in [2.24, 2.45) is 0 Å². The van der Waals surface area contributed by atoms with Gasteiger partial charge in [0.2, 0.25) is 0 Å². The number of fused-ring (bicyclic) bond motifs is 1. The minimum atomic E-state index is -0.230. The normalized spacial score (nSPS) is 19.7. The molecule has 4 nitrogen and oxygen atoms in total. The molecule has 136 valence electrons. The van der Waals surface area contributed by atoms with Crippen LogP contribution >= 0.6 is 12.2 Å². The van der Waals surface area contributed by atoms with Crippen LogP contribution in [0.25, 0.3) is 0 Å². The lowest BCUT2D eigenvalue weighted by Gasteiger charge is -2.27. The Labute approximate surface area is 159 Å². The Bertz CT molecular complexity index is 817. The highest BCUT2D eigenvalue weighted by atomic mass is 32.1. The van der Waals surface area contributed by atoms with Crippen molar-refractivity contribution in [2.75, 3.05) is 19.1 Å². The zero-order valence-corrected chi connectivity index (χ0v) is 15.9. The number of methoxy groups -OCH3 is 2.